The largest absolute Gasteiger partial charge is 0.455 e. The van der Waals surface area contributed by atoms with E-state index in [1.165, 1.54) is 19.3 Å². The number of carbonyl (C=O) groups is 2. The molecule has 0 aliphatic heterocycles. The molecule has 0 saturated heterocycles. The van der Waals surface area contributed by atoms with Crippen LogP contribution in [-0.4, -0.2) is 24.1 Å². The van der Waals surface area contributed by atoms with Gasteiger partial charge >= 0.3 is 11.9 Å². The number of fused-ring (bicyclic) bond motifs is 9. The van der Waals surface area contributed by atoms with Gasteiger partial charge < -0.3 is 9.47 Å². The molecule has 4 nitrogen and oxygen atoms in total. The molecule has 6 unspecified atom stereocenters. The van der Waals surface area contributed by atoms with E-state index in [9.17, 15) is 9.59 Å². The SMILES string of the molecule is O=C(OC1C2CC(C1OC(=O)c1ccccc1)C1C2[C@@H]2CC[C@H]1C2)c1ccccc1. The monoisotopic (exact) mass is 402 g/mol. The van der Waals surface area contributed by atoms with Gasteiger partial charge in [0.15, 0.2) is 0 Å². The Kier molecular flexibility index (Phi) is 4.22. The molecular formula is C26H26O4. The third-order valence-corrected chi connectivity index (χ3v) is 8.25. The van der Waals surface area contributed by atoms with Crippen LogP contribution >= 0.6 is 0 Å². The molecule has 0 radical (unpaired) electrons. The highest BCUT2D eigenvalue weighted by atomic mass is 16.6. The van der Waals surface area contributed by atoms with Crippen LogP contribution in [0.2, 0.25) is 0 Å². The molecule has 8 atom stereocenters. The van der Waals surface area contributed by atoms with Crippen molar-refractivity contribution in [2.75, 3.05) is 0 Å². The first-order valence-corrected chi connectivity index (χ1v) is 11.2. The lowest BCUT2D eigenvalue weighted by molar-refractivity contribution is -0.0891. The van der Waals surface area contributed by atoms with E-state index < -0.39 is 0 Å². The van der Waals surface area contributed by atoms with Crippen LogP contribution in [0.4, 0.5) is 0 Å². The summed E-state index contributed by atoms with van der Waals surface area (Å²) >= 11 is 0. The Labute approximate surface area is 176 Å². The first kappa shape index (κ1) is 18.2. The van der Waals surface area contributed by atoms with Gasteiger partial charge in [0, 0.05) is 11.8 Å². The smallest absolute Gasteiger partial charge is 0.338 e. The molecule has 4 fully saturated rings. The van der Waals surface area contributed by atoms with E-state index in [1.807, 2.05) is 36.4 Å². The van der Waals surface area contributed by atoms with E-state index in [1.54, 1.807) is 24.3 Å². The minimum absolute atomic E-state index is 0.311. The molecule has 2 aromatic carbocycles. The third-order valence-electron chi connectivity index (χ3n) is 8.25. The van der Waals surface area contributed by atoms with Crippen LogP contribution in [0, 0.1) is 35.5 Å². The predicted molar refractivity (Wildman–Crippen MR) is 111 cm³/mol. The van der Waals surface area contributed by atoms with Gasteiger partial charge in [-0.05, 0) is 73.6 Å². The van der Waals surface area contributed by atoms with Crippen molar-refractivity contribution < 1.29 is 19.1 Å². The third kappa shape index (κ3) is 2.73. The first-order valence-electron chi connectivity index (χ1n) is 11.2. The molecule has 4 heteroatoms. The van der Waals surface area contributed by atoms with Gasteiger partial charge in [0.05, 0.1) is 11.1 Å². The van der Waals surface area contributed by atoms with E-state index in [0.29, 0.717) is 34.8 Å². The maximum Gasteiger partial charge on any atom is 0.338 e. The van der Waals surface area contributed by atoms with Crippen LogP contribution in [0.25, 0.3) is 0 Å². The molecule has 154 valence electrons. The van der Waals surface area contributed by atoms with Crippen molar-refractivity contribution in [3.8, 4) is 0 Å². The molecule has 0 heterocycles. The Morgan fingerprint density at radius 2 is 1.07 bits per heavy atom. The number of carbonyl (C=O) groups excluding carboxylic acids is 2. The number of ether oxygens (including phenoxy) is 2. The van der Waals surface area contributed by atoms with Gasteiger partial charge in [-0.3, -0.25) is 0 Å². The average molecular weight is 402 g/mol. The molecule has 6 rings (SSSR count). The highest BCUT2D eigenvalue weighted by Gasteiger charge is 2.68. The van der Waals surface area contributed by atoms with Gasteiger partial charge in [-0.25, -0.2) is 9.59 Å². The Morgan fingerprint density at radius 1 is 0.633 bits per heavy atom. The normalized spacial score (nSPS) is 37.7. The summed E-state index contributed by atoms with van der Waals surface area (Å²) in [4.78, 5) is 25.7. The molecular weight excluding hydrogens is 376 g/mol. The lowest BCUT2D eigenvalue weighted by Gasteiger charge is -2.42. The quantitative estimate of drug-likeness (QED) is 0.547. The molecule has 4 saturated carbocycles. The average Bonchev–Trinajstić information content (AvgIpc) is 3.55. The minimum atomic E-state index is -0.337. The predicted octanol–water partition coefficient (Wildman–Crippen LogP) is 4.75. The summed E-state index contributed by atoms with van der Waals surface area (Å²) in [6, 6.07) is 18.3. The summed E-state index contributed by atoms with van der Waals surface area (Å²) < 4.78 is 12.2. The molecule has 2 aromatic rings. The zero-order valence-corrected chi connectivity index (χ0v) is 16.9. The summed E-state index contributed by atoms with van der Waals surface area (Å²) in [5.41, 5.74) is 1.11. The Balaban J connectivity index is 1.28. The Bertz CT molecular complexity index is 878. The molecule has 30 heavy (non-hydrogen) atoms. The zero-order valence-electron chi connectivity index (χ0n) is 16.9. The van der Waals surface area contributed by atoms with E-state index in [2.05, 4.69) is 0 Å². The van der Waals surface area contributed by atoms with E-state index in [-0.39, 0.29) is 24.1 Å². The first-order chi connectivity index (χ1) is 14.7. The molecule has 4 aliphatic rings. The van der Waals surface area contributed by atoms with Crippen LogP contribution in [0.5, 0.6) is 0 Å². The summed E-state index contributed by atoms with van der Waals surface area (Å²) in [5.74, 6) is 2.80. The van der Waals surface area contributed by atoms with Gasteiger partial charge in [-0.15, -0.1) is 0 Å². The van der Waals surface area contributed by atoms with E-state index in [4.69, 9.17) is 9.47 Å². The van der Waals surface area contributed by atoms with Crippen molar-refractivity contribution in [3.05, 3.63) is 71.8 Å². The van der Waals surface area contributed by atoms with Crippen molar-refractivity contribution in [1.29, 1.82) is 0 Å². The van der Waals surface area contributed by atoms with Gasteiger partial charge in [0.25, 0.3) is 0 Å². The van der Waals surface area contributed by atoms with Crippen molar-refractivity contribution >= 4 is 11.9 Å². The fourth-order valence-corrected chi connectivity index (χ4v) is 7.31. The van der Waals surface area contributed by atoms with Crippen LogP contribution in [0.3, 0.4) is 0 Å². The van der Waals surface area contributed by atoms with Crippen molar-refractivity contribution in [2.45, 2.75) is 37.9 Å². The number of hydrogen-bond donors (Lipinski definition) is 0. The van der Waals surface area contributed by atoms with Crippen LogP contribution in [0.15, 0.2) is 60.7 Å². The summed E-state index contributed by atoms with van der Waals surface area (Å²) in [6.45, 7) is 0. The van der Waals surface area contributed by atoms with Gasteiger partial charge in [-0.1, -0.05) is 36.4 Å². The minimum Gasteiger partial charge on any atom is -0.455 e. The van der Waals surface area contributed by atoms with Gasteiger partial charge in [-0.2, -0.15) is 0 Å². The summed E-state index contributed by atoms with van der Waals surface area (Å²) in [5, 5.41) is 0. The maximum atomic E-state index is 12.9. The Hall–Kier alpha value is -2.62. The lowest BCUT2D eigenvalue weighted by atomic mass is 9.69. The van der Waals surface area contributed by atoms with Crippen molar-refractivity contribution in [3.63, 3.8) is 0 Å². The summed E-state index contributed by atoms with van der Waals surface area (Å²) in [6.07, 6.45) is 4.26. The number of hydrogen-bond acceptors (Lipinski definition) is 4. The lowest BCUT2D eigenvalue weighted by Crippen LogP contribution is -2.48. The topological polar surface area (TPSA) is 52.6 Å². The van der Waals surface area contributed by atoms with E-state index in [0.717, 1.165) is 18.3 Å². The van der Waals surface area contributed by atoms with Crippen LogP contribution < -0.4 is 0 Å². The maximum absolute atomic E-state index is 12.9. The number of esters is 2. The number of benzene rings is 2. The molecule has 4 bridgehead atoms. The second-order valence-corrected chi connectivity index (χ2v) is 9.52. The van der Waals surface area contributed by atoms with E-state index >= 15 is 0 Å². The zero-order chi connectivity index (χ0) is 20.2. The fraction of sp³-hybridized carbons (Fsp3) is 0.462. The standard InChI is InChI=1S/C26H26O4/c27-25(15-7-3-1-4-8-15)29-23-19-14-20(22-18-12-11-17(13-18)21(19)22)24(23)30-26(28)16-9-5-2-6-10-16/h1-10,17-24H,11-14H2/t17-,18+,19?,20?,21?,22?,23?,24?. The second-order valence-electron chi connectivity index (χ2n) is 9.52. The molecule has 4 aliphatic carbocycles. The molecule has 0 amide bonds. The molecule has 0 spiro atoms. The molecule has 0 aromatic heterocycles. The van der Waals surface area contributed by atoms with Crippen molar-refractivity contribution in [1.82, 2.24) is 0 Å². The second kappa shape index (κ2) is 6.97. The number of rotatable bonds is 4. The van der Waals surface area contributed by atoms with Crippen LogP contribution in [0.1, 0.15) is 46.4 Å². The highest BCUT2D eigenvalue weighted by molar-refractivity contribution is 5.90. The fourth-order valence-electron chi connectivity index (χ4n) is 7.31. The Morgan fingerprint density at radius 3 is 1.50 bits per heavy atom. The van der Waals surface area contributed by atoms with Crippen LogP contribution in [-0.2, 0) is 9.47 Å². The van der Waals surface area contributed by atoms with Gasteiger partial charge in [0.1, 0.15) is 12.2 Å². The van der Waals surface area contributed by atoms with Gasteiger partial charge in [0.2, 0.25) is 0 Å². The highest BCUT2D eigenvalue weighted by Crippen LogP contribution is 2.68. The molecule has 0 N–H and O–H groups in total. The summed E-state index contributed by atoms with van der Waals surface area (Å²) in [7, 11) is 0. The van der Waals surface area contributed by atoms with Crippen molar-refractivity contribution in [2.24, 2.45) is 35.5 Å².